The molecule has 0 saturated carbocycles. The quantitative estimate of drug-likeness (QED) is 0.425. The molecule has 1 aliphatic heterocycles. The molecule has 2 aromatic rings. The van der Waals surface area contributed by atoms with Gasteiger partial charge in [0.2, 0.25) is 5.88 Å². The van der Waals surface area contributed by atoms with E-state index in [0.717, 1.165) is 48.6 Å². The summed E-state index contributed by atoms with van der Waals surface area (Å²) in [6, 6.07) is 11.2. The zero-order valence-corrected chi connectivity index (χ0v) is 18.7. The van der Waals surface area contributed by atoms with E-state index >= 15 is 0 Å². The zero-order valence-electron chi connectivity index (χ0n) is 18.7. The Hall–Kier alpha value is -3.13. The molecular weight excluding hydrogens is 410 g/mol. The van der Waals surface area contributed by atoms with Crippen LogP contribution in [0.5, 0.6) is 11.6 Å². The molecular formula is C24H31N3O5. The van der Waals surface area contributed by atoms with E-state index in [0.29, 0.717) is 31.4 Å². The Morgan fingerprint density at radius 3 is 2.62 bits per heavy atom. The number of carbonyl (C=O) groups excluding carboxylic acids is 1. The normalized spacial score (nSPS) is 14.6. The Labute approximate surface area is 188 Å². The summed E-state index contributed by atoms with van der Waals surface area (Å²) in [7, 11) is 1.64. The van der Waals surface area contributed by atoms with Crippen LogP contribution in [0.4, 0.5) is 0 Å². The van der Waals surface area contributed by atoms with Gasteiger partial charge < -0.3 is 24.4 Å². The first kappa shape index (κ1) is 23.5. The summed E-state index contributed by atoms with van der Waals surface area (Å²) in [5.41, 5.74) is 2.63. The van der Waals surface area contributed by atoms with Gasteiger partial charge in [-0.25, -0.2) is 4.98 Å². The first-order valence-corrected chi connectivity index (χ1v) is 10.9. The third kappa shape index (κ3) is 7.53. The van der Waals surface area contributed by atoms with Crippen LogP contribution in [0.15, 0.2) is 47.8 Å². The van der Waals surface area contributed by atoms with Gasteiger partial charge in [0.05, 0.1) is 12.8 Å². The molecule has 3 rings (SSSR count). The molecule has 1 aromatic carbocycles. The molecule has 1 aliphatic rings. The molecule has 1 aromatic heterocycles. The first-order valence-electron chi connectivity index (χ1n) is 10.9. The van der Waals surface area contributed by atoms with Crippen LogP contribution in [-0.4, -0.2) is 50.1 Å². The second-order valence-corrected chi connectivity index (χ2v) is 7.55. The van der Waals surface area contributed by atoms with Gasteiger partial charge in [0.15, 0.2) is 6.61 Å². The summed E-state index contributed by atoms with van der Waals surface area (Å²) in [6.45, 7) is 4.50. The lowest BCUT2D eigenvalue weighted by molar-refractivity contribution is -0.123. The number of oxime groups is 1. The summed E-state index contributed by atoms with van der Waals surface area (Å²) >= 11 is 0. The van der Waals surface area contributed by atoms with E-state index in [9.17, 15) is 4.79 Å². The van der Waals surface area contributed by atoms with Gasteiger partial charge in [0.1, 0.15) is 12.4 Å². The molecule has 2 heterocycles. The summed E-state index contributed by atoms with van der Waals surface area (Å²) in [4.78, 5) is 21.8. The van der Waals surface area contributed by atoms with Gasteiger partial charge in [0.25, 0.3) is 5.91 Å². The molecule has 1 fully saturated rings. The van der Waals surface area contributed by atoms with Crippen molar-refractivity contribution >= 4 is 11.6 Å². The number of rotatable bonds is 11. The van der Waals surface area contributed by atoms with Crippen LogP contribution in [0.3, 0.4) is 0 Å². The Bertz CT molecular complexity index is 862. The highest BCUT2D eigenvalue weighted by molar-refractivity contribution is 5.99. The molecule has 1 saturated heterocycles. The van der Waals surface area contributed by atoms with Crippen molar-refractivity contribution in [1.82, 2.24) is 10.3 Å². The average Bonchev–Trinajstić information content (AvgIpc) is 2.85. The number of nitrogens with one attached hydrogen (secondary N) is 1. The number of hydrogen-bond acceptors (Lipinski definition) is 7. The van der Waals surface area contributed by atoms with Crippen molar-refractivity contribution in [2.24, 2.45) is 11.1 Å². The van der Waals surface area contributed by atoms with E-state index in [2.05, 4.69) is 15.5 Å². The van der Waals surface area contributed by atoms with Gasteiger partial charge in [-0.3, -0.25) is 4.79 Å². The van der Waals surface area contributed by atoms with E-state index in [4.69, 9.17) is 19.0 Å². The van der Waals surface area contributed by atoms with Gasteiger partial charge in [0, 0.05) is 37.6 Å². The predicted molar refractivity (Wildman–Crippen MR) is 121 cm³/mol. The fourth-order valence-electron chi connectivity index (χ4n) is 3.26. The van der Waals surface area contributed by atoms with Gasteiger partial charge in [-0.1, -0.05) is 24.2 Å². The highest BCUT2D eigenvalue weighted by Crippen LogP contribution is 2.15. The van der Waals surface area contributed by atoms with Gasteiger partial charge in [-0.05, 0) is 48.9 Å². The molecule has 0 bridgehead atoms. The maximum absolute atomic E-state index is 12.0. The lowest BCUT2D eigenvalue weighted by atomic mass is 10.0. The minimum Gasteiger partial charge on any atom is -0.497 e. The Balaban J connectivity index is 1.43. The average molecular weight is 442 g/mol. The van der Waals surface area contributed by atoms with Crippen molar-refractivity contribution < 1.29 is 23.8 Å². The number of hydrogen-bond donors (Lipinski definition) is 1. The van der Waals surface area contributed by atoms with Crippen molar-refractivity contribution in [3.8, 4) is 11.6 Å². The van der Waals surface area contributed by atoms with E-state index in [1.165, 1.54) is 0 Å². The van der Waals surface area contributed by atoms with Gasteiger partial charge >= 0.3 is 0 Å². The lowest BCUT2D eigenvalue weighted by Gasteiger charge is -2.22. The molecule has 32 heavy (non-hydrogen) atoms. The molecule has 0 aliphatic carbocycles. The maximum atomic E-state index is 12.0. The monoisotopic (exact) mass is 441 g/mol. The molecule has 0 atom stereocenters. The van der Waals surface area contributed by atoms with E-state index in [1.807, 2.05) is 37.3 Å². The van der Waals surface area contributed by atoms with Gasteiger partial charge in [-0.2, -0.15) is 0 Å². The lowest BCUT2D eigenvalue weighted by Crippen LogP contribution is -2.35. The second kappa shape index (κ2) is 12.7. The number of benzene rings is 1. The molecule has 1 amide bonds. The van der Waals surface area contributed by atoms with E-state index < -0.39 is 0 Å². The van der Waals surface area contributed by atoms with Crippen molar-refractivity contribution in [2.45, 2.75) is 32.8 Å². The Morgan fingerprint density at radius 2 is 1.97 bits per heavy atom. The number of pyridine rings is 1. The first-order chi connectivity index (χ1) is 15.7. The zero-order chi connectivity index (χ0) is 22.6. The number of methoxy groups -OCH3 is 1. The predicted octanol–water partition coefficient (Wildman–Crippen LogP) is 3.34. The van der Waals surface area contributed by atoms with Crippen LogP contribution in [0.2, 0.25) is 0 Å². The third-order valence-electron chi connectivity index (χ3n) is 5.25. The minimum atomic E-state index is -0.148. The Morgan fingerprint density at radius 1 is 1.19 bits per heavy atom. The molecule has 8 heteroatoms. The highest BCUT2D eigenvalue weighted by atomic mass is 16.6. The van der Waals surface area contributed by atoms with Gasteiger partial charge in [-0.15, -0.1) is 0 Å². The van der Waals surface area contributed by atoms with Crippen molar-refractivity contribution in [2.75, 3.05) is 33.5 Å². The summed E-state index contributed by atoms with van der Waals surface area (Å²) in [5, 5.41) is 7.17. The summed E-state index contributed by atoms with van der Waals surface area (Å²) in [5.74, 6) is 1.52. The van der Waals surface area contributed by atoms with Crippen LogP contribution in [0.25, 0.3) is 0 Å². The molecule has 0 unspecified atom stereocenters. The molecule has 1 N–H and O–H groups in total. The topological polar surface area (TPSA) is 91.3 Å². The molecule has 0 radical (unpaired) electrons. The standard InChI is InChI=1S/C24H31N3O5/c1-3-22(27-32-16-19-4-7-21(29-2)8-5-19)20-6-9-24(26-15-20)31-17-23(28)25-14-18-10-12-30-13-11-18/h4-9,15,18H,3,10-14,16-17H2,1-2H3,(H,25,28). The van der Waals surface area contributed by atoms with Crippen molar-refractivity contribution in [3.05, 3.63) is 53.7 Å². The minimum absolute atomic E-state index is 0.0603. The third-order valence-corrected chi connectivity index (χ3v) is 5.25. The number of nitrogens with zero attached hydrogens (tertiary/aromatic N) is 2. The van der Waals surface area contributed by atoms with E-state index in [-0.39, 0.29) is 12.5 Å². The van der Waals surface area contributed by atoms with Crippen LogP contribution < -0.4 is 14.8 Å². The number of aromatic nitrogens is 1. The van der Waals surface area contributed by atoms with Crippen LogP contribution in [0, 0.1) is 5.92 Å². The van der Waals surface area contributed by atoms with Crippen LogP contribution in [0.1, 0.15) is 37.3 Å². The number of ether oxygens (including phenoxy) is 3. The van der Waals surface area contributed by atoms with Crippen LogP contribution in [-0.2, 0) is 21.0 Å². The largest absolute Gasteiger partial charge is 0.497 e. The molecule has 172 valence electrons. The van der Waals surface area contributed by atoms with Crippen LogP contribution >= 0.6 is 0 Å². The number of amides is 1. The Kier molecular flexibility index (Phi) is 9.31. The maximum Gasteiger partial charge on any atom is 0.258 e. The van der Waals surface area contributed by atoms with Crippen molar-refractivity contribution in [1.29, 1.82) is 0 Å². The van der Waals surface area contributed by atoms with Crippen molar-refractivity contribution in [3.63, 3.8) is 0 Å². The van der Waals surface area contributed by atoms with E-state index in [1.54, 1.807) is 19.4 Å². The fraction of sp³-hybridized carbons (Fsp3) is 0.458. The molecule has 0 spiro atoms. The SMILES string of the molecule is CCC(=NOCc1ccc(OC)cc1)c1ccc(OCC(=O)NCC2CCOCC2)nc1. The second-order valence-electron chi connectivity index (χ2n) is 7.55. The number of carbonyl (C=O) groups is 1. The highest BCUT2D eigenvalue weighted by Gasteiger charge is 2.15. The smallest absolute Gasteiger partial charge is 0.258 e. The molecule has 8 nitrogen and oxygen atoms in total. The summed E-state index contributed by atoms with van der Waals surface area (Å²) < 4.78 is 16.0. The fourth-order valence-corrected chi connectivity index (χ4v) is 3.26. The summed E-state index contributed by atoms with van der Waals surface area (Å²) in [6.07, 6.45) is 4.33.